The molecular weight excluding hydrogens is 272 g/mol. The number of aryl methyl sites for hydroxylation is 1. The van der Waals surface area contributed by atoms with E-state index in [2.05, 4.69) is 24.0 Å². The van der Waals surface area contributed by atoms with Crippen LogP contribution in [-0.2, 0) is 4.74 Å². The number of benzene rings is 1. The Morgan fingerprint density at radius 3 is 2.85 bits per heavy atom. The summed E-state index contributed by atoms with van der Waals surface area (Å²) < 4.78 is 5.75. The Bertz CT molecular complexity index is 432. The second-order valence-corrected chi connectivity index (χ2v) is 5.89. The summed E-state index contributed by atoms with van der Waals surface area (Å²) in [5.74, 6) is 0. The van der Waals surface area contributed by atoms with Gasteiger partial charge in [0.1, 0.15) is 0 Å². The first-order chi connectivity index (χ1) is 9.65. The molecule has 112 valence electrons. The van der Waals surface area contributed by atoms with E-state index in [-0.39, 0.29) is 6.04 Å². The summed E-state index contributed by atoms with van der Waals surface area (Å²) in [6.45, 7) is 7.60. The Hall–Kier alpha value is -0.610. The van der Waals surface area contributed by atoms with Gasteiger partial charge in [-0.3, -0.25) is 4.90 Å². The van der Waals surface area contributed by atoms with Gasteiger partial charge in [-0.15, -0.1) is 0 Å². The van der Waals surface area contributed by atoms with Crippen LogP contribution in [0.25, 0.3) is 0 Å². The van der Waals surface area contributed by atoms with E-state index in [1.807, 2.05) is 13.0 Å². The van der Waals surface area contributed by atoms with Gasteiger partial charge in [-0.25, -0.2) is 0 Å². The number of halogens is 1. The second-order valence-electron chi connectivity index (χ2n) is 5.48. The van der Waals surface area contributed by atoms with Crippen molar-refractivity contribution in [1.82, 2.24) is 4.90 Å². The summed E-state index contributed by atoms with van der Waals surface area (Å²) >= 11 is 6.25. The van der Waals surface area contributed by atoms with Crippen molar-refractivity contribution < 1.29 is 4.74 Å². The molecule has 2 unspecified atom stereocenters. The summed E-state index contributed by atoms with van der Waals surface area (Å²) in [6.07, 6.45) is 2.68. The maximum absolute atomic E-state index is 6.25. The second kappa shape index (κ2) is 7.41. The molecule has 0 bridgehead atoms. The molecular formula is C16H25ClN2O. The summed E-state index contributed by atoms with van der Waals surface area (Å²) in [4.78, 5) is 2.40. The van der Waals surface area contributed by atoms with E-state index in [4.69, 9.17) is 22.1 Å². The third-order valence-corrected chi connectivity index (χ3v) is 4.52. The molecule has 1 heterocycles. The fourth-order valence-corrected chi connectivity index (χ4v) is 3.03. The van der Waals surface area contributed by atoms with Crippen LogP contribution in [0.1, 0.15) is 36.9 Å². The zero-order valence-electron chi connectivity index (χ0n) is 12.4. The van der Waals surface area contributed by atoms with Crippen LogP contribution in [0, 0.1) is 6.92 Å². The van der Waals surface area contributed by atoms with Gasteiger partial charge in [-0.1, -0.05) is 30.7 Å². The monoisotopic (exact) mass is 296 g/mol. The first-order valence-corrected chi connectivity index (χ1v) is 7.85. The third-order valence-electron chi connectivity index (χ3n) is 4.11. The van der Waals surface area contributed by atoms with Crippen molar-refractivity contribution in [2.75, 3.05) is 26.2 Å². The van der Waals surface area contributed by atoms with Crippen LogP contribution in [0.5, 0.6) is 0 Å². The van der Waals surface area contributed by atoms with Gasteiger partial charge in [-0.05, 0) is 43.5 Å². The summed E-state index contributed by atoms with van der Waals surface area (Å²) in [5, 5.41) is 0.814. The fraction of sp³-hybridized carbons (Fsp3) is 0.625. The topological polar surface area (TPSA) is 38.5 Å². The first kappa shape index (κ1) is 15.8. The molecule has 2 rings (SSSR count). The zero-order valence-corrected chi connectivity index (χ0v) is 13.2. The van der Waals surface area contributed by atoms with E-state index < -0.39 is 0 Å². The van der Waals surface area contributed by atoms with Gasteiger partial charge >= 0.3 is 0 Å². The molecule has 0 saturated carbocycles. The minimum Gasteiger partial charge on any atom is -0.377 e. The van der Waals surface area contributed by atoms with Gasteiger partial charge in [0, 0.05) is 30.8 Å². The van der Waals surface area contributed by atoms with Gasteiger partial charge in [0.2, 0.25) is 0 Å². The third kappa shape index (κ3) is 3.73. The highest BCUT2D eigenvalue weighted by Crippen LogP contribution is 2.26. The van der Waals surface area contributed by atoms with Crippen molar-refractivity contribution in [2.45, 2.75) is 38.8 Å². The number of likely N-dealkylation sites (N-methyl/N-ethyl adjacent to an activating group) is 1. The molecule has 1 saturated heterocycles. The molecule has 1 aliphatic rings. The normalized spacial score (nSPS) is 20.6. The van der Waals surface area contributed by atoms with Crippen molar-refractivity contribution >= 4 is 11.6 Å². The molecule has 1 fully saturated rings. The Labute approximate surface area is 127 Å². The Balaban J connectivity index is 2.12. The molecule has 2 atom stereocenters. The number of ether oxygens (including phenoxy) is 1. The lowest BCUT2D eigenvalue weighted by atomic mass is 10.0. The van der Waals surface area contributed by atoms with E-state index in [0.717, 1.165) is 36.7 Å². The van der Waals surface area contributed by atoms with Crippen molar-refractivity contribution in [3.63, 3.8) is 0 Å². The fourth-order valence-electron chi connectivity index (χ4n) is 2.84. The van der Waals surface area contributed by atoms with Crippen LogP contribution < -0.4 is 5.73 Å². The molecule has 0 aromatic heterocycles. The molecule has 1 aliphatic heterocycles. The molecule has 2 N–H and O–H groups in total. The summed E-state index contributed by atoms with van der Waals surface area (Å²) in [5.41, 5.74) is 8.32. The van der Waals surface area contributed by atoms with Crippen molar-refractivity contribution in [2.24, 2.45) is 5.73 Å². The largest absolute Gasteiger partial charge is 0.377 e. The van der Waals surface area contributed by atoms with Gasteiger partial charge in [-0.2, -0.15) is 0 Å². The zero-order chi connectivity index (χ0) is 14.5. The maximum Gasteiger partial charge on any atom is 0.0703 e. The average molecular weight is 297 g/mol. The van der Waals surface area contributed by atoms with Crippen LogP contribution >= 0.6 is 11.6 Å². The SMILES string of the molecule is CCN(CC1CCCO1)C(CN)c1ccc(C)c(Cl)c1. The van der Waals surface area contributed by atoms with Crippen LogP contribution in [0.4, 0.5) is 0 Å². The highest BCUT2D eigenvalue weighted by molar-refractivity contribution is 6.31. The standard InChI is InChI=1S/C16H25ClN2O/c1-3-19(11-14-5-4-8-20-14)16(10-18)13-7-6-12(2)15(17)9-13/h6-7,9,14,16H,3-5,8,10-11,18H2,1-2H3. The molecule has 0 aliphatic carbocycles. The van der Waals surface area contributed by atoms with Gasteiger partial charge < -0.3 is 10.5 Å². The average Bonchev–Trinajstić information content (AvgIpc) is 2.95. The molecule has 3 nitrogen and oxygen atoms in total. The number of nitrogens with zero attached hydrogens (tertiary/aromatic N) is 1. The molecule has 0 spiro atoms. The molecule has 20 heavy (non-hydrogen) atoms. The molecule has 4 heteroatoms. The van der Waals surface area contributed by atoms with Crippen LogP contribution in [0.2, 0.25) is 5.02 Å². The number of rotatable bonds is 6. The highest BCUT2D eigenvalue weighted by atomic mass is 35.5. The predicted octanol–water partition coefficient (Wildman–Crippen LogP) is 3.15. The number of hydrogen-bond donors (Lipinski definition) is 1. The van der Waals surface area contributed by atoms with Crippen molar-refractivity contribution in [3.8, 4) is 0 Å². The summed E-state index contributed by atoms with van der Waals surface area (Å²) in [6, 6.07) is 6.46. The maximum atomic E-state index is 6.25. The van der Waals surface area contributed by atoms with E-state index >= 15 is 0 Å². The van der Waals surface area contributed by atoms with Crippen molar-refractivity contribution in [1.29, 1.82) is 0 Å². The minimum absolute atomic E-state index is 0.210. The minimum atomic E-state index is 0.210. The van der Waals surface area contributed by atoms with Crippen LogP contribution in [0.3, 0.4) is 0 Å². The van der Waals surface area contributed by atoms with Crippen LogP contribution in [-0.4, -0.2) is 37.2 Å². The number of nitrogens with two attached hydrogens (primary N) is 1. The van der Waals surface area contributed by atoms with Crippen molar-refractivity contribution in [3.05, 3.63) is 34.3 Å². The molecule has 1 aromatic rings. The lowest BCUT2D eigenvalue weighted by molar-refractivity contribution is 0.0601. The van der Waals surface area contributed by atoms with Crippen LogP contribution in [0.15, 0.2) is 18.2 Å². The summed E-state index contributed by atoms with van der Waals surface area (Å²) in [7, 11) is 0. The van der Waals surface area contributed by atoms with E-state index in [1.54, 1.807) is 0 Å². The van der Waals surface area contributed by atoms with Gasteiger partial charge in [0.25, 0.3) is 0 Å². The lowest BCUT2D eigenvalue weighted by Gasteiger charge is -2.32. The molecule has 0 radical (unpaired) electrons. The Morgan fingerprint density at radius 1 is 1.50 bits per heavy atom. The quantitative estimate of drug-likeness (QED) is 0.876. The Kier molecular flexibility index (Phi) is 5.85. The van der Waals surface area contributed by atoms with Gasteiger partial charge in [0.15, 0.2) is 0 Å². The predicted molar refractivity (Wildman–Crippen MR) is 84.2 cm³/mol. The smallest absolute Gasteiger partial charge is 0.0703 e. The van der Waals surface area contributed by atoms with E-state index in [9.17, 15) is 0 Å². The van der Waals surface area contributed by atoms with E-state index in [1.165, 1.54) is 12.0 Å². The van der Waals surface area contributed by atoms with E-state index in [0.29, 0.717) is 12.6 Å². The number of hydrogen-bond acceptors (Lipinski definition) is 3. The Morgan fingerprint density at radius 2 is 2.30 bits per heavy atom. The van der Waals surface area contributed by atoms with Gasteiger partial charge in [0.05, 0.1) is 6.10 Å². The highest BCUT2D eigenvalue weighted by Gasteiger charge is 2.24. The molecule has 1 aromatic carbocycles. The molecule has 0 amide bonds. The first-order valence-electron chi connectivity index (χ1n) is 7.47. The lowest BCUT2D eigenvalue weighted by Crippen LogP contribution is -2.38.